The van der Waals surface area contributed by atoms with Crippen LogP contribution in [0.25, 0.3) is 16.8 Å². The molecule has 0 bridgehead atoms. The zero-order valence-corrected chi connectivity index (χ0v) is 21.4. The highest BCUT2D eigenvalue weighted by Gasteiger charge is 2.20. The second-order valence-electron chi connectivity index (χ2n) is 8.95. The smallest absolute Gasteiger partial charge is 0.261 e. The zero-order valence-electron chi connectivity index (χ0n) is 21.4. The molecular weight excluding hydrogens is 446 g/mol. The van der Waals surface area contributed by atoms with E-state index in [1.807, 2.05) is 72.2 Å². The molecule has 0 amide bonds. The van der Waals surface area contributed by atoms with Crippen molar-refractivity contribution in [2.45, 2.75) is 59.3 Å². The van der Waals surface area contributed by atoms with Gasteiger partial charge in [-0.15, -0.1) is 0 Å². The fourth-order valence-corrected chi connectivity index (χ4v) is 4.74. The van der Waals surface area contributed by atoms with E-state index >= 15 is 0 Å². The van der Waals surface area contributed by atoms with Crippen LogP contribution in [0.1, 0.15) is 68.2 Å². The molecule has 0 saturated carbocycles. The van der Waals surface area contributed by atoms with Crippen LogP contribution in [0.3, 0.4) is 0 Å². The Kier molecular flexibility index (Phi) is 8.17. The Morgan fingerprint density at radius 1 is 1.03 bits per heavy atom. The molecule has 5 nitrogen and oxygen atoms in total. The maximum Gasteiger partial charge on any atom is 0.261 e. The zero-order chi connectivity index (χ0) is 25.5. The molecule has 5 heteroatoms. The van der Waals surface area contributed by atoms with E-state index in [4.69, 9.17) is 9.72 Å². The monoisotopic (exact) mass is 479 g/mol. The van der Waals surface area contributed by atoms with Crippen molar-refractivity contribution in [1.29, 1.82) is 5.26 Å². The Labute approximate surface area is 213 Å². The number of aryl methyl sites for hydroxylation is 2. The van der Waals surface area contributed by atoms with Crippen LogP contribution in [0.2, 0.25) is 0 Å². The number of rotatable bonds is 9. The van der Waals surface area contributed by atoms with Gasteiger partial charge in [-0.1, -0.05) is 62.7 Å². The molecule has 1 aromatic heterocycles. The summed E-state index contributed by atoms with van der Waals surface area (Å²) in [5.41, 5.74) is 6.28. The molecular formula is C31H33N3O2. The lowest BCUT2D eigenvalue weighted by atomic mass is 9.97. The minimum Gasteiger partial charge on any atom is -0.498 e. The Balaban J connectivity index is 1.72. The summed E-state index contributed by atoms with van der Waals surface area (Å²) < 4.78 is 7.48. The number of nitriles is 1. The lowest BCUT2D eigenvalue weighted by Gasteiger charge is -2.21. The van der Waals surface area contributed by atoms with Crippen molar-refractivity contribution >= 4 is 5.70 Å². The third-order valence-electron chi connectivity index (χ3n) is 6.53. The minimum atomic E-state index is 0.0312. The summed E-state index contributed by atoms with van der Waals surface area (Å²) in [5, 5.41) is 9.45. The molecule has 0 unspecified atom stereocenters. The molecule has 184 valence electrons. The van der Waals surface area contributed by atoms with Gasteiger partial charge < -0.3 is 4.74 Å². The maximum absolute atomic E-state index is 13.9. The van der Waals surface area contributed by atoms with Gasteiger partial charge in [0.15, 0.2) is 0 Å². The summed E-state index contributed by atoms with van der Waals surface area (Å²) in [4.78, 5) is 18.9. The number of allylic oxidation sites excluding steroid dienone is 4. The van der Waals surface area contributed by atoms with Crippen molar-refractivity contribution < 1.29 is 4.74 Å². The van der Waals surface area contributed by atoms with Crippen molar-refractivity contribution in [3.63, 3.8) is 0 Å². The summed E-state index contributed by atoms with van der Waals surface area (Å²) in [5.74, 6) is 1.77. The normalized spacial score (nSPS) is 13.1. The van der Waals surface area contributed by atoms with Gasteiger partial charge in [-0.2, -0.15) is 5.26 Å². The Bertz CT molecular complexity index is 1390. The van der Waals surface area contributed by atoms with E-state index in [1.165, 1.54) is 0 Å². The highest BCUT2D eigenvalue weighted by Crippen LogP contribution is 2.26. The standard InChI is InChI=1S/C31H33N3O2/c1-4-9-29-28(20-22-12-14-23(15-13-22)27-11-8-7-10-24(27)21-32)31(35)34(30(5-2)33-29)25-16-18-26(19-17-25)36-6-3/h7-8,10-16,18H,4-6,9,17,19-20H2,1-3H3. The van der Waals surface area contributed by atoms with Gasteiger partial charge in [0.25, 0.3) is 5.56 Å². The van der Waals surface area contributed by atoms with Crippen LogP contribution in [-0.2, 0) is 24.0 Å². The third-order valence-corrected chi connectivity index (χ3v) is 6.53. The van der Waals surface area contributed by atoms with E-state index in [9.17, 15) is 10.1 Å². The van der Waals surface area contributed by atoms with Crippen LogP contribution in [-0.4, -0.2) is 16.2 Å². The molecule has 0 aliphatic heterocycles. The van der Waals surface area contributed by atoms with Crippen LogP contribution >= 0.6 is 0 Å². The van der Waals surface area contributed by atoms with Gasteiger partial charge in [0.1, 0.15) is 5.82 Å². The van der Waals surface area contributed by atoms with E-state index in [1.54, 1.807) is 0 Å². The van der Waals surface area contributed by atoms with Crippen molar-refractivity contribution in [2.75, 3.05) is 6.61 Å². The highest BCUT2D eigenvalue weighted by atomic mass is 16.5. The van der Waals surface area contributed by atoms with Crippen LogP contribution in [0.4, 0.5) is 0 Å². The quantitative estimate of drug-likeness (QED) is 0.354. The molecule has 0 spiro atoms. The molecule has 1 heterocycles. The predicted molar refractivity (Wildman–Crippen MR) is 144 cm³/mol. The van der Waals surface area contributed by atoms with Gasteiger partial charge in [0, 0.05) is 30.5 Å². The number of benzene rings is 2. The lowest BCUT2D eigenvalue weighted by molar-refractivity contribution is 0.218. The van der Waals surface area contributed by atoms with Gasteiger partial charge in [-0.3, -0.25) is 9.36 Å². The maximum atomic E-state index is 13.9. The number of aromatic nitrogens is 2. The molecule has 2 aromatic carbocycles. The lowest BCUT2D eigenvalue weighted by Crippen LogP contribution is -2.30. The topological polar surface area (TPSA) is 67.9 Å². The van der Waals surface area contributed by atoms with Gasteiger partial charge in [-0.25, -0.2) is 4.98 Å². The first-order chi connectivity index (χ1) is 17.6. The van der Waals surface area contributed by atoms with E-state index < -0.39 is 0 Å². The van der Waals surface area contributed by atoms with Gasteiger partial charge in [0.05, 0.1) is 29.7 Å². The van der Waals surface area contributed by atoms with Crippen LogP contribution < -0.4 is 5.56 Å². The van der Waals surface area contributed by atoms with Crippen LogP contribution in [0.5, 0.6) is 0 Å². The summed E-state index contributed by atoms with van der Waals surface area (Å²) in [6, 6.07) is 18.0. The second-order valence-corrected chi connectivity index (χ2v) is 8.95. The second kappa shape index (κ2) is 11.7. The highest BCUT2D eigenvalue weighted by molar-refractivity contribution is 5.70. The van der Waals surface area contributed by atoms with Gasteiger partial charge in [0.2, 0.25) is 0 Å². The molecule has 0 atom stereocenters. The number of hydrogen-bond acceptors (Lipinski definition) is 4. The fraction of sp³-hybridized carbons (Fsp3) is 0.323. The summed E-state index contributed by atoms with van der Waals surface area (Å²) in [7, 11) is 0. The Morgan fingerprint density at radius 3 is 2.44 bits per heavy atom. The van der Waals surface area contributed by atoms with Crippen LogP contribution in [0.15, 0.2) is 71.2 Å². The molecule has 3 aromatic rings. The van der Waals surface area contributed by atoms with E-state index in [0.29, 0.717) is 25.0 Å². The van der Waals surface area contributed by atoms with Crippen molar-refractivity contribution in [1.82, 2.24) is 9.55 Å². The first-order valence-electron chi connectivity index (χ1n) is 12.8. The first-order valence-corrected chi connectivity index (χ1v) is 12.8. The summed E-state index contributed by atoms with van der Waals surface area (Å²) in [6.07, 6.45) is 8.44. The Morgan fingerprint density at radius 2 is 1.81 bits per heavy atom. The minimum absolute atomic E-state index is 0.0312. The van der Waals surface area contributed by atoms with E-state index in [2.05, 4.69) is 19.9 Å². The molecule has 0 N–H and O–H groups in total. The van der Waals surface area contributed by atoms with Crippen LogP contribution in [0, 0.1) is 11.3 Å². The predicted octanol–water partition coefficient (Wildman–Crippen LogP) is 6.44. The molecule has 4 rings (SSSR count). The SMILES string of the molecule is CCCc1nc(CC)n(C2=CC=C(OCC)CC2)c(=O)c1Cc1ccc(-c2ccccc2C#N)cc1. The van der Waals surface area contributed by atoms with Gasteiger partial charge in [-0.05, 0) is 54.7 Å². The number of ether oxygens (including phenoxy) is 1. The van der Waals surface area contributed by atoms with Crippen molar-refractivity contribution in [3.05, 3.63) is 105 Å². The van der Waals surface area contributed by atoms with Gasteiger partial charge >= 0.3 is 0 Å². The fourth-order valence-electron chi connectivity index (χ4n) is 4.74. The van der Waals surface area contributed by atoms with Crippen molar-refractivity contribution in [2.24, 2.45) is 0 Å². The first kappa shape index (κ1) is 25.2. The van der Waals surface area contributed by atoms with E-state index in [-0.39, 0.29) is 5.56 Å². The van der Waals surface area contributed by atoms with E-state index in [0.717, 1.165) is 70.9 Å². The molecule has 0 saturated heterocycles. The molecule has 0 fully saturated rings. The molecule has 1 aliphatic rings. The average molecular weight is 480 g/mol. The Hall–Kier alpha value is -3.91. The largest absolute Gasteiger partial charge is 0.498 e. The number of hydrogen-bond donors (Lipinski definition) is 0. The average Bonchev–Trinajstić information content (AvgIpc) is 2.91. The summed E-state index contributed by atoms with van der Waals surface area (Å²) >= 11 is 0. The molecule has 36 heavy (non-hydrogen) atoms. The third kappa shape index (κ3) is 5.33. The number of nitrogens with zero attached hydrogens (tertiary/aromatic N) is 3. The summed E-state index contributed by atoms with van der Waals surface area (Å²) in [6.45, 7) is 6.80. The molecule has 0 radical (unpaired) electrons. The van der Waals surface area contributed by atoms with Crippen molar-refractivity contribution in [3.8, 4) is 17.2 Å². The molecule has 1 aliphatic carbocycles.